The summed E-state index contributed by atoms with van der Waals surface area (Å²) in [5.74, 6) is -3.43. The Morgan fingerprint density at radius 1 is 1.00 bits per heavy atom. The Bertz CT molecular complexity index is 1230. The lowest BCUT2D eigenvalue weighted by Crippen LogP contribution is -2.58. The molecule has 210 valence electrons. The van der Waals surface area contributed by atoms with Crippen molar-refractivity contribution in [3.63, 3.8) is 0 Å². The number of amides is 4. The molecule has 39 heavy (non-hydrogen) atoms. The van der Waals surface area contributed by atoms with Gasteiger partial charge in [-0.1, -0.05) is 56.3 Å². The van der Waals surface area contributed by atoms with E-state index in [0.29, 0.717) is 13.1 Å². The van der Waals surface area contributed by atoms with Gasteiger partial charge in [0.2, 0.25) is 17.7 Å². The first kappa shape index (κ1) is 29.6. The number of benzene rings is 2. The molecule has 0 bridgehead atoms. The first-order valence-corrected chi connectivity index (χ1v) is 13.0. The SMILES string of the molecule is CC1(C)CCCN(C(=O)CNC(=O)[C@H](N)NC(=O)[C@H](Cc2ccc3ccccc3c2)NC(=O)CCC(=O)O)C1. The van der Waals surface area contributed by atoms with E-state index in [-0.39, 0.29) is 37.1 Å². The number of piperidine rings is 1. The van der Waals surface area contributed by atoms with E-state index >= 15 is 0 Å². The zero-order valence-corrected chi connectivity index (χ0v) is 22.4. The lowest BCUT2D eigenvalue weighted by Gasteiger charge is -2.38. The van der Waals surface area contributed by atoms with E-state index < -0.39 is 35.9 Å². The van der Waals surface area contributed by atoms with Gasteiger partial charge < -0.3 is 31.7 Å². The molecule has 11 heteroatoms. The molecule has 0 aliphatic carbocycles. The molecular formula is C28H37N5O6. The molecule has 2 aromatic rings. The molecule has 2 atom stereocenters. The summed E-state index contributed by atoms with van der Waals surface area (Å²) in [5, 5.41) is 18.2. The van der Waals surface area contributed by atoms with Crippen LogP contribution in [0.25, 0.3) is 10.8 Å². The predicted molar refractivity (Wildman–Crippen MR) is 145 cm³/mol. The normalized spacial score (nSPS) is 16.1. The molecular weight excluding hydrogens is 502 g/mol. The third-order valence-corrected chi connectivity index (χ3v) is 6.72. The number of carboxylic acids is 1. The van der Waals surface area contributed by atoms with Gasteiger partial charge in [0.15, 0.2) is 6.17 Å². The van der Waals surface area contributed by atoms with Crippen LogP contribution in [0.4, 0.5) is 0 Å². The van der Waals surface area contributed by atoms with Crippen LogP contribution in [0.1, 0.15) is 45.1 Å². The summed E-state index contributed by atoms with van der Waals surface area (Å²) < 4.78 is 0. The van der Waals surface area contributed by atoms with Gasteiger partial charge in [-0.05, 0) is 34.6 Å². The Balaban J connectivity index is 1.61. The summed E-state index contributed by atoms with van der Waals surface area (Å²) in [5.41, 5.74) is 6.66. The van der Waals surface area contributed by atoms with Crippen LogP contribution >= 0.6 is 0 Å². The zero-order valence-electron chi connectivity index (χ0n) is 22.4. The Morgan fingerprint density at radius 2 is 1.72 bits per heavy atom. The molecule has 0 radical (unpaired) electrons. The Kier molecular flexibility index (Phi) is 10.00. The Hall–Kier alpha value is -3.99. The number of nitrogens with zero attached hydrogens (tertiary/aromatic N) is 1. The third kappa shape index (κ3) is 9.06. The van der Waals surface area contributed by atoms with Crippen LogP contribution in [-0.4, -0.2) is 71.4 Å². The molecule has 11 nitrogen and oxygen atoms in total. The summed E-state index contributed by atoms with van der Waals surface area (Å²) in [6, 6.07) is 12.2. The van der Waals surface area contributed by atoms with Gasteiger partial charge in [0.05, 0.1) is 13.0 Å². The summed E-state index contributed by atoms with van der Waals surface area (Å²) in [6.45, 7) is 5.16. The van der Waals surface area contributed by atoms with Gasteiger partial charge in [0.1, 0.15) is 6.04 Å². The lowest BCUT2D eigenvalue weighted by molar-refractivity contribution is -0.139. The minimum atomic E-state index is -1.46. The molecule has 1 aliphatic heterocycles. The highest BCUT2D eigenvalue weighted by atomic mass is 16.4. The topological polar surface area (TPSA) is 171 Å². The van der Waals surface area contributed by atoms with Gasteiger partial charge in [-0.3, -0.25) is 24.0 Å². The number of hydrogen-bond acceptors (Lipinski definition) is 6. The minimum Gasteiger partial charge on any atom is -0.481 e. The monoisotopic (exact) mass is 539 g/mol. The second-order valence-electron chi connectivity index (χ2n) is 10.7. The molecule has 0 unspecified atom stereocenters. The maximum atomic E-state index is 13.1. The van der Waals surface area contributed by atoms with Gasteiger partial charge in [-0.15, -0.1) is 0 Å². The van der Waals surface area contributed by atoms with Crippen molar-refractivity contribution in [1.29, 1.82) is 0 Å². The first-order valence-electron chi connectivity index (χ1n) is 13.0. The van der Waals surface area contributed by atoms with Gasteiger partial charge in [-0.2, -0.15) is 0 Å². The number of rotatable bonds is 11. The van der Waals surface area contributed by atoms with E-state index in [1.54, 1.807) is 4.90 Å². The standard InChI is InChI=1S/C28H37N5O6/c1-28(2)12-5-13-33(17-28)23(35)16-30-27(39)25(29)32-26(38)21(31-22(34)10-11-24(36)37)15-18-8-9-19-6-3-4-7-20(19)14-18/h3-4,6-9,14,21,25H,5,10-13,15-17,29H2,1-2H3,(H,30,39)(H,31,34)(H,32,38)(H,36,37)/t21-,25+/m0/s1. The molecule has 6 N–H and O–H groups in total. The summed E-state index contributed by atoms with van der Waals surface area (Å²) >= 11 is 0. The molecule has 3 rings (SSSR count). The van der Waals surface area contributed by atoms with Crippen molar-refractivity contribution in [2.24, 2.45) is 11.1 Å². The van der Waals surface area contributed by atoms with Crippen LogP contribution < -0.4 is 21.7 Å². The molecule has 0 spiro atoms. The molecule has 1 aliphatic rings. The number of carboxylic acid groups (broad SMARTS) is 1. The smallest absolute Gasteiger partial charge is 0.303 e. The number of carbonyl (C=O) groups is 5. The van der Waals surface area contributed by atoms with Crippen LogP contribution in [0, 0.1) is 5.41 Å². The summed E-state index contributed by atoms with van der Waals surface area (Å²) in [7, 11) is 0. The maximum Gasteiger partial charge on any atom is 0.303 e. The van der Waals surface area contributed by atoms with Crippen molar-refractivity contribution in [3.05, 3.63) is 48.0 Å². The van der Waals surface area contributed by atoms with Crippen LogP contribution in [0.15, 0.2) is 42.5 Å². The Labute approximate surface area is 227 Å². The van der Waals surface area contributed by atoms with Gasteiger partial charge in [-0.25, -0.2) is 0 Å². The van der Waals surface area contributed by atoms with Crippen molar-refractivity contribution < 1.29 is 29.1 Å². The van der Waals surface area contributed by atoms with Gasteiger partial charge in [0, 0.05) is 25.9 Å². The van der Waals surface area contributed by atoms with E-state index in [2.05, 4.69) is 29.8 Å². The molecule has 0 aromatic heterocycles. The number of aliphatic carboxylic acids is 1. The van der Waals surface area contributed by atoms with Crippen molar-refractivity contribution in [2.45, 2.75) is 58.2 Å². The van der Waals surface area contributed by atoms with Crippen LogP contribution in [-0.2, 0) is 30.4 Å². The fourth-order valence-corrected chi connectivity index (χ4v) is 4.64. The van der Waals surface area contributed by atoms with Gasteiger partial charge >= 0.3 is 5.97 Å². The quantitative estimate of drug-likeness (QED) is 0.264. The van der Waals surface area contributed by atoms with Crippen LogP contribution in [0.3, 0.4) is 0 Å². The van der Waals surface area contributed by atoms with Crippen molar-refractivity contribution in [1.82, 2.24) is 20.9 Å². The van der Waals surface area contributed by atoms with Crippen LogP contribution in [0.5, 0.6) is 0 Å². The average molecular weight is 540 g/mol. The molecule has 2 aromatic carbocycles. The van der Waals surface area contributed by atoms with Crippen molar-refractivity contribution >= 4 is 40.4 Å². The fourth-order valence-electron chi connectivity index (χ4n) is 4.64. The van der Waals surface area contributed by atoms with E-state index in [0.717, 1.165) is 29.2 Å². The highest BCUT2D eigenvalue weighted by molar-refractivity contribution is 5.93. The highest BCUT2D eigenvalue weighted by Crippen LogP contribution is 2.28. The summed E-state index contributed by atoms with van der Waals surface area (Å²) in [6.07, 6.45) is -0.156. The van der Waals surface area contributed by atoms with E-state index in [1.165, 1.54) is 0 Å². The Morgan fingerprint density at radius 3 is 2.41 bits per heavy atom. The van der Waals surface area contributed by atoms with E-state index in [4.69, 9.17) is 10.8 Å². The number of fused-ring (bicyclic) bond motifs is 1. The maximum absolute atomic E-state index is 13.1. The van der Waals surface area contributed by atoms with Gasteiger partial charge in [0.25, 0.3) is 5.91 Å². The number of carbonyl (C=O) groups excluding carboxylic acids is 4. The number of likely N-dealkylation sites (tertiary alicyclic amines) is 1. The number of hydrogen-bond donors (Lipinski definition) is 5. The van der Waals surface area contributed by atoms with Crippen molar-refractivity contribution in [3.8, 4) is 0 Å². The van der Waals surface area contributed by atoms with E-state index in [9.17, 15) is 24.0 Å². The summed E-state index contributed by atoms with van der Waals surface area (Å²) in [4.78, 5) is 63.1. The molecule has 0 saturated carbocycles. The number of nitrogens with two attached hydrogens (primary N) is 1. The number of nitrogens with one attached hydrogen (secondary N) is 3. The third-order valence-electron chi connectivity index (χ3n) is 6.72. The molecule has 1 saturated heterocycles. The molecule has 1 heterocycles. The van der Waals surface area contributed by atoms with Crippen molar-refractivity contribution in [2.75, 3.05) is 19.6 Å². The largest absolute Gasteiger partial charge is 0.481 e. The fraction of sp³-hybridized carbons (Fsp3) is 0.464. The molecule has 4 amide bonds. The average Bonchev–Trinajstić information content (AvgIpc) is 2.89. The lowest BCUT2D eigenvalue weighted by atomic mass is 9.84. The second-order valence-corrected chi connectivity index (χ2v) is 10.7. The second kappa shape index (κ2) is 13.2. The van der Waals surface area contributed by atoms with Crippen LogP contribution in [0.2, 0.25) is 0 Å². The van der Waals surface area contributed by atoms with E-state index in [1.807, 2.05) is 42.5 Å². The minimum absolute atomic E-state index is 0.0112. The molecule has 1 fully saturated rings. The highest BCUT2D eigenvalue weighted by Gasteiger charge is 2.30. The zero-order chi connectivity index (χ0) is 28.6. The first-order chi connectivity index (χ1) is 18.4. The predicted octanol–water partition coefficient (Wildman–Crippen LogP) is 0.898.